The minimum atomic E-state index is -0.294. The van der Waals surface area contributed by atoms with Gasteiger partial charge in [-0.3, -0.25) is 4.79 Å². The van der Waals surface area contributed by atoms with Crippen LogP contribution in [-0.4, -0.2) is 35.1 Å². The van der Waals surface area contributed by atoms with E-state index < -0.39 is 0 Å². The minimum Gasteiger partial charge on any atom is -0.391 e. The molecule has 88 valence electrons. The van der Waals surface area contributed by atoms with Crippen LogP contribution in [0.3, 0.4) is 0 Å². The zero-order valence-corrected chi connectivity index (χ0v) is 9.91. The molecule has 1 N–H and O–H groups in total. The maximum absolute atomic E-state index is 12.1. The Morgan fingerprint density at radius 2 is 2.00 bits per heavy atom. The van der Waals surface area contributed by atoms with Crippen molar-refractivity contribution in [3.63, 3.8) is 0 Å². The van der Waals surface area contributed by atoms with Crippen LogP contribution in [0.1, 0.15) is 46.0 Å². The van der Waals surface area contributed by atoms with Gasteiger partial charge in [-0.2, -0.15) is 0 Å². The number of hydrogen-bond donors (Lipinski definition) is 1. The molecule has 1 atom stereocenters. The maximum Gasteiger partial charge on any atom is 0.225 e. The first-order valence-corrected chi connectivity index (χ1v) is 6.15. The Bertz CT molecular complexity index is 200. The molecule has 1 fully saturated rings. The van der Waals surface area contributed by atoms with Gasteiger partial charge in [0.05, 0.1) is 6.10 Å². The van der Waals surface area contributed by atoms with Crippen LogP contribution in [0.25, 0.3) is 0 Å². The van der Waals surface area contributed by atoms with Crippen LogP contribution >= 0.6 is 0 Å². The van der Waals surface area contributed by atoms with Gasteiger partial charge in [0.15, 0.2) is 0 Å². The lowest BCUT2D eigenvalue weighted by Gasteiger charge is -2.22. The molecular formula is C12H23NO2. The molecule has 1 saturated heterocycles. The van der Waals surface area contributed by atoms with E-state index in [1.807, 2.05) is 4.90 Å². The van der Waals surface area contributed by atoms with Gasteiger partial charge in [-0.1, -0.05) is 26.7 Å². The van der Waals surface area contributed by atoms with Gasteiger partial charge in [-0.15, -0.1) is 0 Å². The standard InChI is InChI=1S/C12H23NO2/c1-3-5-10(6-4-2)12(15)13-8-7-11(14)9-13/h10-11,14H,3-9H2,1-2H3/t11-/m1/s1. The Labute approximate surface area is 92.5 Å². The third-order valence-electron chi connectivity index (χ3n) is 3.10. The average molecular weight is 213 g/mol. The van der Waals surface area contributed by atoms with E-state index in [1.54, 1.807) is 0 Å². The number of aliphatic hydroxyl groups excluding tert-OH is 1. The number of likely N-dealkylation sites (tertiary alicyclic amines) is 1. The van der Waals surface area contributed by atoms with Gasteiger partial charge in [0.25, 0.3) is 0 Å². The quantitative estimate of drug-likeness (QED) is 0.756. The molecule has 1 amide bonds. The highest BCUT2D eigenvalue weighted by molar-refractivity contribution is 5.79. The molecule has 1 aliphatic heterocycles. The number of amides is 1. The number of rotatable bonds is 5. The fraction of sp³-hybridized carbons (Fsp3) is 0.917. The van der Waals surface area contributed by atoms with Gasteiger partial charge >= 0.3 is 0 Å². The molecule has 0 aromatic carbocycles. The highest BCUT2D eigenvalue weighted by Gasteiger charge is 2.28. The summed E-state index contributed by atoms with van der Waals surface area (Å²) in [5.41, 5.74) is 0. The van der Waals surface area contributed by atoms with E-state index in [2.05, 4.69) is 13.8 Å². The summed E-state index contributed by atoms with van der Waals surface area (Å²) in [7, 11) is 0. The first-order valence-electron chi connectivity index (χ1n) is 6.15. The Balaban J connectivity index is 2.47. The predicted molar refractivity (Wildman–Crippen MR) is 60.5 cm³/mol. The summed E-state index contributed by atoms with van der Waals surface area (Å²) in [6.45, 7) is 5.52. The number of β-amino-alcohol motifs (C(OH)–C–C–N with tert-alkyl or cyclic N) is 1. The van der Waals surface area contributed by atoms with Crippen LogP contribution in [-0.2, 0) is 4.79 Å². The molecule has 3 heteroatoms. The summed E-state index contributed by atoms with van der Waals surface area (Å²) in [6.07, 6.45) is 4.55. The number of carbonyl (C=O) groups excluding carboxylic acids is 1. The molecule has 1 rings (SSSR count). The SMILES string of the molecule is CCCC(CCC)C(=O)N1CC[C@@H](O)C1. The summed E-state index contributed by atoms with van der Waals surface area (Å²) in [5.74, 6) is 0.445. The third kappa shape index (κ3) is 3.49. The van der Waals surface area contributed by atoms with Gasteiger partial charge in [-0.25, -0.2) is 0 Å². The molecule has 0 aromatic rings. The molecule has 0 aliphatic carbocycles. The lowest BCUT2D eigenvalue weighted by Crippen LogP contribution is -2.35. The fourth-order valence-electron chi connectivity index (χ4n) is 2.29. The second-order valence-electron chi connectivity index (χ2n) is 4.50. The second kappa shape index (κ2) is 6.11. The molecule has 1 aliphatic rings. The highest BCUT2D eigenvalue weighted by Crippen LogP contribution is 2.20. The molecule has 1 heterocycles. The normalized spacial score (nSPS) is 21.3. The molecular weight excluding hydrogens is 190 g/mol. The zero-order valence-electron chi connectivity index (χ0n) is 9.91. The molecule has 0 bridgehead atoms. The van der Waals surface area contributed by atoms with Crippen LogP contribution in [0.15, 0.2) is 0 Å². The molecule has 0 saturated carbocycles. The van der Waals surface area contributed by atoms with E-state index in [0.29, 0.717) is 6.54 Å². The summed E-state index contributed by atoms with van der Waals surface area (Å²) in [4.78, 5) is 13.9. The first kappa shape index (κ1) is 12.5. The third-order valence-corrected chi connectivity index (χ3v) is 3.10. The van der Waals surface area contributed by atoms with Crippen LogP contribution in [0, 0.1) is 5.92 Å². The average Bonchev–Trinajstić information content (AvgIpc) is 2.63. The van der Waals surface area contributed by atoms with Crippen molar-refractivity contribution in [1.82, 2.24) is 4.90 Å². The molecule has 0 radical (unpaired) electrons. The highest BCUT2D eigenvalue weighted by atomic mass is 16.3. The van der Waals surface area contributed by atoms with E-state index in [0.717, 1.165) is 38.6 Å². The number of nitrogens with zero attached hydrogens (tertiary/aromatic N) is 1. The monoisotopic (exact) mass is 213 g/mol. The van der Waals surface area contributed by atoms with Crippen molar-refractivity contribution in [3.8, 4) is 0 Å². The predicted octanol–water partition coefficient (Wildman–Crippen LogP) is 1.80. The molecule has 0 aromatic heterocycles. The van der Waals surface area contributed by atoms with Crippen molar-refractivity contribution in [1.29, 1.82) is 0 Å². The van der Waals surface area contributed by atoms with Crippen LogP contribution in [0.4, 0.5) is 0 Å². The molecule has 15 heavy (non-hydrogen) atoms. The van der Waals surface area contributed by atoms with Crippen molar-refractivity contribution in [3.05, 3.63) is 0 Å². The number of aliphatic hydroxyl groups is 1. The Kier molecular flexibility index (Phi) is 5.09. The van der Waals surface area contributed by atoms with Crippen molar-refractivity contribution < 1.29 is 9.90 Å². The smallest absolute Gasteiger partial charge is 0.225 e. The van der Waals surface area contributed by atoms with E-state index in [-0.39, 0.29) is 17.9 Å². The van der Waals surface area contributed by atoms with E-state index in [4.69, 9.17) is 0 Å². The lowest BCUT2D eigenvalue weighted by atomic mass is 9.97. The minimum absolute atomic E-state index is 0.185. The van der Waals surface area contributed by atoms with Crippen LogP contribution < -0.4 is 0 Å². The summed E-state index contributed by atoms with van der Waals surface area (Å²) in [5, 5.41) is 9.40. The fourth-order valence-corrected chi connectivity index (χ4v) is 2.29. The van der Waals surface area contributed by atoms with Gasteiger partial charge in [0.2, 0.25) is 5.91 Å². The molecule has 3 nitrogen and oxygen atoms in total. The Morgan fingerprint density at radius 1 is 1.40 bits per heavy atom. The van der Waals surface area contributed by atoms with Gasteiger partial charge in [-0.05, 0) is 19.3 Å². The van der Waals surface area contributed by atoms with E-state index >= 15 is 0 Å². The van der Waals surface area contributed by atoms with Gasteiger partial charge in [0, 0.05) is 19.0 Å². The maximum atomic E-state index is 12.1. The zero-order chi connectivity index (χ0) is 11.3. The van der Waals surface area contributed by atoms with E-state index in [1.165, 1.54) is 0 Å². The first-order chi connectivity index (χ1) is 7.19. The topological polar surface area (TPSA) is 40.5 Å². The van der Waals surface area contributed by atoms with Crippen molar-refractivity contribution >= 4 is 5.91 Å². The van der Waals surface area contributed by atoms with Crippen LogP contribution in [0.2, 0.25) is 0 Å². The Hall–Kier alpha value is -0.570. The summed E-state index contributed by atoms with van der Waals surface area (Å²) < 4.78 is 0. The van der Waals surface area contributed by atoms with E-state index in [9.17, 15) is 9.90 Å². The van der Waals surface area contributed by atoms with Crippen molar-refractivity contribution in [2.75, 3.05) is 13.1 Å². The molecule has 0 unspecified atom stereocenters. The second-order valence-corrected chi connectivity index (χ2v) is 4.50. The van der Waals surface area contributed by atoms with Gasteiger partial charge in [0.1, 0.15) is 0 Å². The largest absolute Gasteiger partial charge is 0.391 e. The molecule has 0 spiro atoms. The number of hydrogen-bond acceptors (Lipinski definition) is 2. The Morgan fingerprint density at radius 3 is 2.40 bits per heavy atom. The number of carbonyl (C=O) groups is 1. The van der Waals surface area contributed by atoms with Crippen LogP contribution in [0.5, 0.6) is 0 Å². The van der Waals surface area contributed by atoms with Crippen molar-refractivity contribution in [2.24, 2.45) is 5.92 Å². The van der Waals surface area contributed by atoms with Gasteiger partial charge < -0.3 is 10.0 Å². The summed E-state index contributed by atoms with van der Waals surface area (Å²) >= 11 is 0. The summed E-state index contributed by atoms with van der Waals surface area (Å²) in [6, 6.07) is 0. The lowest BCUT2D eigenvalue weighted by molar-refractivity contribution is -0.135. The van der Waals surface area contributed by atoms with Crippen molar-refractivity contribution in [2.45, 2.75) is 52.1 Å².